The number of fused-ring (bicyclic) bond motifs is 1. The zero-order valence-corrected chi connectivity index (χ0v) is 10.8. The molecule has 20 heavy (non-hydrogen) atoms. The van der Waals surface area contributed by atoms with E-state index in [1.165, 1.54) is 4.68 Å². The number of carbonyl (C=O) groups is 2. The van der Waals surface area contributed by atoms with E-state index in [0.717, 1.165) is 16.8 Å². The minimum atomic E-state index is -1.02. The maximum absolute atomic E-state index is 11.9. The van der Waals surface area contributed by atoms with Crippen LogP contribution in [0.3, 0.4) is 0 Å². The molecule has 3 rings (SSSR count). The summed E-state index contributed by atoms with van der Waals surface area (Å²) in [6.07, 6.45) is -0.270. The van der Waals surface area contributed by atoms with Crippen molar-refractivity contribution in [2.24, 2.45) is 0 Å². The average Bonchev–Trinajstić information content (AvgIpc) is 2.86. The number of rotatable bonds is 3. The largest absolute Gasteiger partial charge is 0.481 e. The lowest BCUT2D eigenvalue weighted by atomic mass is 10.1. The van der Waals surface area contributed by atoms with E-state index in [1.54, 1.807) is 0 Å². The van der Waals surface area contributed by atoms with Crippen molar-refractivity contribution in [2.75, 3.05) is 5.32 Å². The Bertz CT molecular complexity index is 691. The van der Waals surface area contributed by atoms with Crippen LogP contribution < -0.4 is 5.32 Å². The summed E-state index contributed by atoms with van der Waals surface area (Å²) < 4.78 is 1.48. The number of carboxylic acids is 1. The smallest absolute Gasteiger partial charge is 0.306 e. The van der Waals surface area contributed by atoms with Crippen molar-refractivity contribution in [3.8, 4) is 11.1 Å². The highest BCUT2D eigenvalue weighted by atomic mass is 16.4. The van der Waals surface area contributed by atoms with E-state index in [4.69, 9.17) is 5.11 Å². The zero-order valence-electron chi connectivity index (χ0n) is 10.8. The predicted molar refractivity (Wildman–Crippen MR) is 72.3 cm³/mol. The molecule has 0 aliphatic carbocycles. The molecule has 0 bridgehead atoms. The number of carbonyl (C=O) groups excluding carboxylic acids is 1. The summed E-state index contributed by atoms with van der Waals surface area (Å²) >= 11 is 0. The first-order chi connectivity index (χ1) is 9.58. The number of aliphatic carboxylic acids is 1. The van der Waals surface area contributed by atoms with Crippen LogP contribution in [0.4, 0.5) is 5.82 Å². The molecule has 0 saturated heterocycles. The van der Waals surface area contributed by atoms with Gasteiger partial charge in [-0.3, -0.25) is 9.59 Å². The first-order valence-corrected chi connectivity index (χ1v) is 6.25. The summed E-state index contributed by atoms with van der Waals surface area (Å²) in [6, 6.07) is 8.81. The van der Waals surface area contributed by atoms with Gasteiger partial charge in [-0.25, -0.2) is 4.68 Å². The van der Waals surface area contributed by atoms with Crippen LogP contribution in [0.1, 0.15) is 18.2 Å². The summed E-state index contributed by atoms with van der Waals surface area (Å²) in [5.74, 6) is -0.774. The molecule has 1 aromatic heterocycles. The van der Waals surface area contributed by atoms with Crippen molar-refractivity contribution in [1.82, 2.24) is 9.78 Å². The highest BCUT2D eigenvalue weighted by molar-refractivity contribution is 6.02. The van der Waals surface area contributed by atoms with E-state index >= 15 is 0 Å². The van der Waals surface area contributed by atoms with E-state index in [0.29, 0.717) is 5.82 Å². The van der Waals surface area contributed by atoms with Gasteiger partial charge in [0.1, 0.15) is 11.9 Å². The van der Waals surface area contributed by atoms with Crippen molar-refractivity contribution in [3.05, 3.63) is 36.0 Å². The van der Waals surface area contributed by atoms with Gasteiger partial charge in [-0.15, -0.1) is 0 Å². The Kier molecular flexibility index (Phi) is 2.78. The van der Waals surface area contributed by atoms with Crippen molar-refractivity contribution in [2.45, 2.75) is 19.4 Å². The van der Waals surface area contributed by atoms with Crippen LogP contribution in [0.25, 0.3) is 11.1 Å². The van der Waals surface area contributed by atoms with Crippen LogP contribution >= 0.6 is 0 Å². The molecule has 1 aliphatic rings. The fraction of sp³-hybridized carbons (Fsp3) is 0.214. The molecule has 0 spiro atoms. The van der Waals surface area contributed by atoms with Crippen LogP contribution in [0.15, 0.2) is 30.3 Å². The number of hydrogen-bond donors (Lipinski definition) is 2. The standard InChI is InChI=1S/C14H13N3O3/c1-8-12(9-5-3-2-4-6-9)13-15-14(20)10(7-11(18)19)17(13)16-8/h2-6,10H,7H2,1H3,(H,15,20)(H,18,19). The third kappa shape index (κ3) is 1.85. The number of carboxylic acid groups (broad SMARTS) is 1. The summed E-state index contributed by atoms with van der Waals surface area (Å²) in [7, 11) is 0. The van der Waals surface area contributed by atoms with Gasteiger partial charge in [-0.2, -0.15) is 5.10 Å². The lowest BCUT2D eigenvalue weighted by Gasteiger charge is -2.04. The van der Waals surface area contributed by atoms with Crippen molar-refractivity contribution >= 4 is 17.7 Å². The van der Waals surface area contributed by atoms with E-state index < -0.39 is 12.0 Å². The van der Waals surface area contributed by atoms with Crippen LogP contribution in [0.5, 0.6) is 0 Å². The fourth-order valence-electron chi connectivity index (χ4n) is 2.50. The fourth-order valence-corrected chi connectivity index (χ4v) is 2.50. The number of aromatic nitrogens is 2. The second kappa shape index (κ2) is 4.48. The monoisotopic (exact) mass is 271 g/mol. The first-order valence-electron chi connectivity index (χ1n) is 6.25. The predicted octanol–water partition coefficient (Wildman–Crippen LogP) is 1.83. The van der Waals surface area contributed by atoms with E-state index in [1.807, 2.05) is 37.3 Å². The Morgan fingerprint density at radius 3 is 2.75 bits per heavy atom. The SMILES string of the molecule is Cc1nn2c(c1-c1ccccc1)NC(=O)C2CC(=O)O. The van der Waals surface area contributed by atoms with Gasteiger partial charge in [-0.1, -0.05) is 30.3 Å². The normalized spacial score (nSPS) is 16.9. The molecule has 0 radical (unpaired) electrons. The van der Waals surface area contributed by atoms with Crippen molar-refractivity contribution in [1.29, 1.82) is 0 Å². The number of nitrogens with one attached hydrogen (secondary N) is 1. The van der Waals surface area contributed by atoms with Crippen LogP contribution in [-0.2, 0) is 9.59 Å². The number of benzene rings is 1. The molecule has 1 aromatic carbocycles. The number of nitrogens with zero attached hydrogens (tertiary/aromatic N) is 2. The number of anilines is 1. The maximum Gasteiger partial charge on any atom is 0.306 e. The number of hydrogen-bond acceptors (Lipinski definition) is 3. The minimum absolute atomic E-state index is 0.270. The molecule has 0 fully saturated rings. The van der Waals surface area contributed by atoms with Gasteiger partial charge in [0.05, 0.1) is 12.1 Å². The van der Waals surface area contributed by atoms with Crippen molar-refractivity contribution < 1.29 is 14.7 Å². The summed E-state index contributed by atoms with van der Waals surface area (Å²) in [6.45, 7) is 1.84. The topological polar surface area (TPSA) is 84.2 Å². The van der Waals surface area contributed by atoms with E-state index in [-0.39, 0.29) is 12.3 Å². The van der Waals surface area contributed by atoms with Crippen LogP contribution in [0, 0.1) is 6.92 Å². The molecule has 2 aromatic rings. The van der Waals surface area contributed by atoms with Gasteiger partial charge in [0.15, 0.2) is 0 Å². The molecule has 1 atom stereocenters. The molecular formula is C14H13N3O3. The Balaban J connectivity index is 2.09. The van der Waals surface area contributed by atoms with Gasteiger partial charge < -0.3 is 10.4 Å². The second-order valence-corrected chi connectivity index (χ2v) is 4.72. The number of amides is 1. The van der Waals surface area contributed by atoms with Crippen molar-refractivity contribution in [3.63, 3.8) is 0 Å². The molecule has 6 nitrogen and oxygen atoms in total. The Hall–Kier alpha value is -2.63. The highest BCUT2D eigenvalue weighted by Gasteiger charge is 2.36. The molecular weight excluding hydrogens is 258 g/mol. The van der Waals surface area contributed by atoms with Crippen LogP contribution in [-0.4, -0.2) is 26.8 Å². The molecule has 6 heteroatoms. The molecule has 0 saturated carbocycles. The van der Waals surface area contributed by atoms with E-state index in [9.17, 15) is 9.59 Å². The Labute approximate surface area is 115 Å². The Morgan fingerprint density at radius 1 is 1.40 bits per heavy atom. The maximum atomic E-state index is 11.9. The molecule has 1 unspecified atom stereocenters. The average molecular weight is 271 g/mol. The third-order valence-corrected chi connectivity index (χ3v) is 3.36. The summed E-state index contributed by atoms with van der Waals surface area (Å²) in [5.41, 5.74) is 2.55. The third-order valence-electron chi connectivity index (χ3n) is 3.36. The number of aryl methyl sites for hydroxylation is 1. The zero-order chi connectivity index (χ0) is 14.3. The molecule has 1 amide bonds. The first kappa shape index (κ1) is 12.4. The van der Waals surface area contributed by atoms with Crippen LogP contribution in [0.2, 0.25) is 0 Å². The molecule has 2 N–H and O–H groups in total. The summed E-state index contributed by atoms with van der Waals surface area (Å²) in [4.78, 5) is 22.7. The molecule has 102 valence electrons. The van der Waals surface area contributed by atoms with Gasteiger partial charge in [-0.05, 0) is 12.5 Å². The highest BCUT2D eigenvalue weighted by Crippen LogP contribution is 2.37. The van der Waals surface area contributed by atoms with E-state index in [2.05, 4.69) is 10.4 Å². The lowest BCUT2D eigenvalue weighted by molar-refractivity contribution is -0.139. The van der Waals surface area contributed by atoms with Gasteiger partial charge >= 0.3 is 5.97 Å². The van der Waals surface area contributed by atoms with Gasteiger partial charge in [0.25, 0.3) is 5.91 Å². The lowest BCUT2D eigenvalue weighted by Crippen LogP contribution is -2.20. The van der Waals surface area contributed by atoms with Gasteiger partial charge in [0, 0.05) is 5.56 Å². The molecule has 2 heterocycles. The quantitative estimate of drug-likeness (QED) is 0.891. The second-order valence-electron chi connectivity index (χ2n) is 4.72. The Morgan fingerprint density at radius 2 is 2.10 bits per heavy atom. The summed E-state index contributed by atoms with van der Waals surface area (Å²) in [5, 5.41) is 16.0. The van der Waals surface area contributed by atoms with Gasteiger partial charge in [0.2, 0.25) is 0 Å². The molecule has 1 aliphatic heterocycles. The minimum Gasteiger partial charge on any atom is -0.481 e.